The minimum atomic E-state index is 0.577. The number of hydrogen-bond donors (Lipinski definition) is 1. The number of nitrogens with one attached hydrogen (secondary N) is 1. The Morgan fingerprint density at radius 2 is 2.09 bits per heavy atom. The maximum atomic E-state index is 5.80. The van der Waals surface area contributed by atoms with Gasteiger partial charge in [0.1, 0.15) is 11.5 Å². The summed E-state index contributed by atoms with van der Waals surface area (Å²) >= 11 is 5.33. The van der Waals surface area contributed by atoms with Crippen LogP contribution in [0.3, 0.4) is 0 Å². The first kappa shape index (κ1) is 15.7. The van der Waals surface area contributed by atoms with Gasteiger partial charge in [0.2, 0.25) is 0 Å². The smallest absolute Gasteiger partial charge is 0.189 e. The van der Waals surface area contributed by atoms with Crippen LogP contribution in [0.5, 0.6) is 0 Å². The van der Waals surface area contributed by atoms with E-state index in [9.17, 15) is 0 Å². The molecular weight excluding hydrogens is 306 g/mol. The highest BCUT2D eigenvalue weighted by atomic mass is 32.1. The Hall–Kier alpha value is -2.14. The molecule has 5 heteroatoms. The number of furan rings is 1. The van der Waals surface area contributed by atoms with Crippen LogP contribution in [0.1, 0.15) is 36.3 Å². The molecule has 1 fully saturated rings. The summed E-state index contributed by atoms with van der Waals surface area (Å²) in [6, 6.07) is 14.1. The van der Waals surface area contributed by atoms with Gasteiger partial charge in [-0.1, -0.05) is 37.3 Å². The van der Waals surface area contributed by atoms with E-state index >= 15 is 0 Å². The van der Waals surface area contributed by atoms with E-state index in [0.29, 0.717) is 17.6 Å². The van der Waals surface area contributed by atoms with E-state index in [-0.39, 0.29) is 0 Å². The molecule has 0 saturated heterocycles. The third kappa shape index (κ3) is 4.20. The average molecular weight is 327 g/mol. The molecule has 1 aliphatic rings. The van der Waals surface area contributed by atoms with Crippen molar-refractivity contribution in [1.29, 1.82) is 0 Å². The van der Waals surface area contributed by atoms with Gasteiger partial charge in [-0.15, -0.1) is 0 Å². The Morgan fingerprint density at radius 1 is 1.35 bits per heavy atom. The van der Waals surface area contributed by atoms with Gasteiger partial charge in [-0.3, -0.25) is 0 Å². The molecule has 0 aliphatic heterocycles. The van der Waals surface area contributed by atoms with Gasteiger partial charge >= 0.3 is 0 Å². The SMILES string of the molecule is C[C@H]1C[C@@H]1c1ccc(/C=N\N(C)C(=S)NCc2ccccc2)o1. The zero-order valence-corrected chi connectivity index (χ0v) is 14.2. The predicted molar refractivity (Wildman–Crippen MR) is 96.5 cm³/mol. The molecule has 1 N–H and O–H groups in total. The van der Waals surface area contributed by atoms with Gasteiger partial charge in [-0.05, 0) is 42.3 Å². The highest BCUT2D eigenvalue weighted by Gasteiger charge is 2.36. The van der Waals surface area contributed by atoms with Crippen molar-refractivity contribution in [3.8, 4) is 0 Å². The largest absolute Gasteiger partial charge is 0.460 e. The molecule has 0 amide bonds. The van der Waals surface area contributed by atoms with Gasteiger partial charge in [-0.25, -0.2) is 5.01 Å². The Kier molecular flexibility index (Phi) is 4.76. The van der Waals surface area contributed by atoms with E-state index < -0.39 is 0 Å². The Labute approximate surface area is 142 Å². The van der Waals surface area contributed by atoms with Crippen LogP contribution in [-0.4, -0.2) is 23.4 Å². The molecule has 1 heterocycles. The van der Waals surface area contributed by atoms with Crippen molar-refractivity contribution in [2.75, 3.05) is 7.05 Å². The Balaban J connectivity index is 1.50. The zero-order valence-electron chi connectivity index (χ0n) is 13.4. The molecule has 1 aromatic carbocycles. The third-order valence-electron chi connectivity index (χ3n) is 4.06. The number of benzene rings is 1. The summed E-state index contributed by atoms with van der Waals surface area (Å²) in [6.45, 7) is 2.93. The molecule has 3 rings (SSSR count). The molecule has 1 saturated carbocycles. The Bertz CT molecular complexity index is 695. The van der Waals surface area contributed by atoms with Crippen LogP contribution in [0, 0.1) is 5.92 Å². The third-order valence-corrected chi connectivity index (χ3v) is 4.47. The highest BCUT2D eigenvalue weighted by Crippen LogP contribution is 2.47. The average Bonchev–Trinajstić information content (AvgIpc) is 3.11. The molecule has 1 aliphatic carbocycles. The second kappa shape index (κ2) is 6.96. The van der Waals surface area contributed by atoms with Crippen LogP contribution in [0.2, 0.25) is 0 Å². The van der Waals surface area contributed by atoms with Crippen molar-refractivity contribution < 1.29 is 4.42 Å². The van der Waals surface area contributed by atoms with Crippen molar-refractivity contribution in [3.05, 3.63) is 59.5 Å². The van der Waals surface area contributed by atoms with Crippen LogP contribution in [0.15, 0.2) is 52.0 Å². The summed E-state index contributed by atoms with van der Waals surface area (Å²) < 4.78 is 5.80. The summed E-state index contributed by atoms with van der Waals surface area (Å²) in [5.41, 5.74) is 1.18. The monoisotopic (exact) mass is 327 g/mol. The van der Waals surface area contributed by atoms with Crippen molar-refractivity contribution in [2.24, 2.45) is 11.0 Å². The lowest BCUT2D eigenvalue weighted by Gasteiger charge is -2.15. The summed E-state index contributed by atoms with van der Waals surface area (Å²) in [7, 11) is 1.82. The second-order valence-corrected chi connectivity index (χ2v) is 6.36. The maximum Gasteiger partial charge on any atom is 0.189 e. The fourth-order valence-electron chi connectivity index (χ4n) is 2.44. The minimum absolute atomic E-state index is 0.577. The summed E-state index contributed by atoms with van der Waals surface area (Å²) in [4.78, 5) is 0. The van der Waals surface area contributed by atoms with Gasteiger partial charge in [0, 0.05) is 19.5 Å². The number of nitrogens with zero attached hydrogens (tertiary/aromatic N) is 2. The van der Waals surface area contributed by atoms with E-state index in [1.165, 1.54) is 12.0 Å². The molecule has 2 atom stereocenters. The van der Waals surface area contributed by atoms with Crippen LogP contribution >= 0.6 is 12.2 Å². The molecule has 0 bridgehead atoms. The first-order chi connectivity index (χ1) is 11.1. The molecule has 0 spiro atoms. The normalized spacial score (nSPS) is 19.7. The minimum Gasteiger partial charge on any atom is -0.460 e. The van der Waals surface area contributed by atoms with Gasteiger partial charge in [0.25, 0.3) is 0 Å². The fraction of sp³-hybridized carbons (Fsp3) is 0.333. The lowest BCUT2D eigenvalue weighted by molar-refractivity contribution is 0.493. The van der Waals surface area contributed by atoms with Crippen LogP contribution in [-0.2, 0) is 6.54 Å². The van der Waals surface area contributed by atoms with Crippen molar-refractivity contribution in [3.63, 3.8) is 0 Å². The van der Waals surface area contributed by atoms with Crippen LogP contribution in [0.4, 0.5) is 0 Å². The number of rotatable bonds is 5. The van der Waals surface area contributed by atoms with E-state index in [2.05, 4.69) is 29.5 Å². The van der Waals surface area contributed by atoms with Gasteiger partial charge in [-0.2, -0.15) is 5.10 Å². The molecular formula is C18H21N3OS. The first-order valence-electron chi connectivity index (χ1n) is 7.82. The molecule has 4 nitrogen and oxygen atoms in total. The van der Waals surface area contributed by atoms with Crippen LogP contribution < -0.4 is 5.32 Å². The number of thiocarbonyl (C=S) groups is 1. The summed E-state index contributed by atoms with van der Waals surface area (Å²) in [6.07, 6.45) is 2.92. The molecule has 0 radical (unpaired) electrons. The maximum absolute atomic E-state index is 5.80. The van der Waals surface area contributed by atoms with Gasteiger partial charge in [0.05, 0.1) is 6.21 Å². The highest BCUT2D eigenvalue weighted by molar-refractivity contribution is 7.80. The second-order valence-electron chi connectivity index (χ2n) is 5.97. The molecule has 2 aromatic rings. The molecule has 1 aromatic heterocycles. The van der Waals surface area contributed by atoms with Crippen molar-refractivity contribution in [1.82, 2.24) is 10.3 Å². The van der Waals surface area contributed by atoms with E-state index in [1.807, 2.05) is 37.4 Å². The van der Waals surface area contributed by atoms with E-state index in [4.69, 9.17) is 16.6 Å². The number of hydrazone groups is 1. The fourth-order valence-corrected chi connectivity index (χ4v) is 2.56. The first-order valence-corrected chi connectivity index (χ1v) is 8.23. The predicted octanol–water partition coefficient (Wildman–Crippen LogP) is 3.74. The van der Waals surface area contributed by atoms with Gasteiger partial charge < -0.3 is 9.73 Å². The van der Waals surface area contributed by atoms with Crippen molar-refractivity contribution in [2.45, 2.75) is 25.8 Å². The Morgan fingerprint density at radius 3 is 2.78 bits per heavy atom. The quantitative estimate of drug-likeness (QED) is 0.516. The standard InChI is InChI=1S/C18H21N3OS/c1-13-10-16(13)17-9-8-15(22-17)12-20-21(2)18(23)19-11-14-6-4-3-5-7-14/h3-9,12-13,16H,10-11H2,1-2H3,(H,19,23)/b20-12-/t13-,16-/m0/s1. The van der Waals surface area contributed by atoms with E-state index in [0.717, 1.165) is 17.4 Å². The molecule has 0 unspecified atom stereocenters. The zero-order chi connectivity index (χ0) is 16.2. The summed E-state index contributed by atoms with van der Waals surface area (Å²) in [5.74, 6) is 3.15. The lowest BCUT2D eigenvalue weighted by Crippen LogP contribution is -2.33. The lowest BCUT2D eigenvalue weighted by atomic mass is 10.2. The number of hydrogen-bond acceptors (Lipinski definition) is 3. The molecule has 120 valence electrons. The molecule has 23 heavy (non-hydrogen) atoms. The summed E-state index contributed by atoms with van der Waals surface area (Å²) in [5, 5.41) is 9.73. The topological polar surface area (TPSA) is 40.8 Å². The van der Waals surface area contributed by atoms with Gasteiger partial charge in [0.15, 0.2) is 5.11 Å². The van der Waals surface area contributed by atoms with E-state index in [1.54, 1.807) is 11.2 Å². The van der Waals surface area contributed by atoms with Crippen molar-refractivity contribution >= 4 is 23.5 Å². The van der Waals surface area contributed by atoms with Crippen LogP contribution in [0.25, 0.3) is 0 Å².